The maximum Gasteiger partial charge on any atom is 0.0234 e. The van der Waals surface area contributed by atoms with Crippen LogP contribution < -0.4 is 0 Å². The van der Waals surface area contributed by atoms with Crippen molar-refractivity contribution < 1.29 is 0 Å². The summed E-state index contributed by atoms with van der Waals surface area (Å²) in [5.41, 5.74) is 1.41. The molecule has 2 unspecified atom stereocenters. The van der Waals surface area contributed by atoms with Crippen molar-refractivity contribution in [1.29, 1.82) is 0 Å². The van der Waals surface area contributed by atoms with E-state index in [-0.39, 0.29) is 0 Å². The fourth-order valence-electron chi connectivity index (χ4n) is 2.39. The zero-order chi connectivity index (χ0) is 11.5. The highest BCUT2D eigenvalue weighted by molar-refractivity contribution is 9.10. The Morgan fingerprint density at radius 1 is 1.31 bits per heavy atom. The van der Waals surface area contributed by atoms with Crippen LogP contribution in [0, 0.1) is 11.8 Å². The summed E-state index contributed by atoms with van der Waals surface area (Å²) in [4.78, 5) is 2.58. The molecule has 0 radical (unpaired) electrons. The van der Waals surface area contributed by atoms with Gasteiger partial charge < -0.3 is 0 Å². The number of halogens is 1. The van der Waals surface area contributed by atoms with E-state index < -0.39 is 0 Å². The largest absolute Gasteiger partial charge is 0.299 e. The van der Waals surface area contributed by atoms with Gasteiger partial charge in [0.05, 0.1) is 0 Å². The van der Waals surface area contributed by atoms with Crippen molar-refractivity contribution in [3.05, 3.63) is 34.3 Å². The lowest BCUT2D eigenvalue weighted by Crippen LogP contribution is -2.37. The highest BCUT2D eigenvalue weighted by Crippen LogP contribution is 2.24. The van der Waals surface area contributed by atoms with E-state index in [1.54, 1.807) is 0 Å². The topological polar surface area (TPSA) is 3.24 Å². The van der Waals surface area contributed by atoms with Gasteiger partial charge in [-0.2, -0.15) is 0 Å². The molecule has 0 spiro atoms. The van der Waals surface area contributed by atoms with Crippen LogP contribution in [0.1, 0.15) is 25.8 Å². The Morgan fingerprint density at radius 3 is 2.81 bits per heavy atom. The van der Waals surface area contributed by atoms with Gasteiger partial charge in [-0.25, -0.2) is 0 Å². The van der Waals surface area contributed by atoms with E-state index in [9.17, 15) is 0 Å². The van der Waals surface area contributed by atoms with Crippen LogP contribution in [0.3, 0.4) is 0 Å². The van der Waals surface area contributed by atoms with Crippen molar-refractivity contribution >= 4 is 15.9 Å². The number of nitrogens with zero attached hydrogens (tertiary/aromatic N) is 1. The second-order valence-corrected chi connectivity index (χ2v) is 6.02. The molecule has 1 aliphatic rings. The molecule has 2 rings (SSSR count). The van der Waals surface area contributed by atoms with Gasteiger partial charge in [0.25, 0.3) is 0 Å². The molecule has 2 atom stereocenters. The Morgan fingerprint density at radius 2 is 2.12 bits per heavy atom. The summed E-state index contributed by atoms with van der Waals surface area (Å²) in [5.74, 6) is 1.72. The Kier molecular flexibility index (Phi) is 4.04. The first-order valence-electron chi connectivity index (χ1n) is 6.12. The molecule has 0 N–H and O–H groups in total. The molecule has 1 aromatic rings. The number of hydrogen-bond donors (Lipinski definition) is 0. The third-order valence-corrected chi connectivity index (χ3v) is 4.21. The molecular weight excluding hydrogens is 262 g/mol. The number of piperidine rings is 1. The molecule has 0 bridgehead atoms. The summed E-state index contributed by atoms with van der Waals surface area (Å²) in [6.07, 6.45) is 1.34. The SMILES string of the molecule is CC1CCN(Cc2cccc(Br)c2)CC1C. The van der Waals surface area contributed by atoms with Crippen molar-refractivity contribution in [3.8, 4) is 0 Å². The van der Waals surface area contributed by atoms with Gasteiger partial charge in [-0.15, -0.1) is 0 Å². The molecular formula is C14H20BrN. The van der Waals surface area contributed by atoms with Crippen LogP contribution in [0.4, 0.5) is 0 Å². The van der Waals surface area contributed by atoms with Gasteiger partial charge in [0, 0.05) is 17.6 Å². The normalized spacial score (nSPS) is 26.9. The summed E-state index contributed by atoms with van der Waals surface area (Å²) in [6, 6.07) is 8.65. The molecule has 1 fully saturated rings. The first kappa shape index (κ1) is 12.1. The minimum Gasteiger partial charge on any atom is -0.299 e. The summed E-state index contributed by atoms with van der Waals surface area (Å²) < 4.78 is 1.18. The Balaban J connectivity index is 1.95. The van der Waals surface area contributed by atoms with Gasteiger partial charge in [-0.05, 0) is 42.5 Å². The fraction of sp³-hybridized carbons (Fsp3) is 0.571. The predicted molar refractivity (Wildman–Crippen MR) is 72.4 cm³/mol. The summed E-state index contributed by atoms with van der Waals surface area (Å²) in [7, 11) is 0. The van der Waals surface area contributed by atoms with E-state index in [1.807, 2.05) is 0 Å². The lowest BCUT2D eigenvalue weighted by molar-refractivity contribution is 0.132. The van der Waals surface area contributed by atoms with Gasteiger partial charge in [0.1, 0.15) is 0 Å². The third kappa shape index (κ3) is 3.08. The number of benzene rings is 1. The van der Waals surface area contributed by atoms with E-state index in [0.29, 0.717) is 0 Å². The van der Waals surface area contributed by atoms with Gasteiger partial charge in [0.2, 0.25) is 0 Å². The minimum atomic E-state index is 0.834. The van der Waals surface area contributed by atoms with Crippen LogP contribution >= 0.6 is 15.9 Å². The standard InChI is InChI=1S/C14H20BrN/c1-11-6-7-16(9-12(11)2)10-13-4-3-5-14(15)8-13/h3-5,8,11-12H,6-7,9-10H2,1-2H3. The maximum absolute atomic E-state index is 3.53. The van der Waals surface area contributed by atoms with Crippen LogP contribution in [-0.4, -0.2) is 18.0 Å². The molecule has 1 aromatic carbocycles. The van der Waals surface area contributed by atoms with Gasteiger partial charge in [-0.3, -0.25) is 4.90 Å². The van der Waals surface area contributed by atoms with Crippen molar-refractivity contribution in [2.75, 3.05) is 13.1 Å². The maximum atomic E-state index is 3.53. The van der Waals surface area contributed by atoms with E-state index in [0.717, 1.165) is 18.4 Å². The van der Waals surface area contributed by atoms with Crippen LogP contribution in [0.25, 0.3) is 0 Å². The molecule has 1 nitrogen and oxygen atoms in total. The average Bonchev–Trinajstić information content (AvgIpc) is 2.24. The Bertz CT molecular complexity index is 350. The molecule has 0 amide bonds. The van der Waals surface area contributed by atoms with E-state index >= 15 is 0 Å². The zero-order valence-electron chi connectivity index (χ0n) is 10.1. The van der Waals surface area contributed by atoms with Crippen molar-refractivity contribution in [3.63, 3.8) is 0 Å². The van der Waals surface area contributed by atoms with Crippen LogP contribution in [0.15, 0.2) is 28.7 Å². The summed E-state index contributed by atoms with van der Waals surface area (Å²) in [6.45, 7) is 8.33. The second-order valence-electron chi connectivity index (χ2n) is 5.11. The van der Waals surface area contributed by atoms with Crippen molar-refractivity contribution in [1.82, 2.24) is 4.90 Å². The molecule has 0 saturated carbocycles. The van der Waals surface area contributed by atoms with E-state index in [1.165, 1.54) is 29.5 Å². The molecule has 2 heteroatoms. The molecule has 0 aliphatic carbocycles. The Hall–Kier alpha value is -0.340. The minimum absolute atomic E-state index is 0.834. The molecule has 1 heterocycles. The van der Waals surface area contributed by atoms with Crippen molar-refractivity contribution in [2.24, 2.45) is 11.8 Å². The monoisotopic (exact) mass is 281 g/mol. The summed E-state index contributed by atoms with van der Waals surface area (Å²) in [5, 5.41) is 0. The van der Waals surface area contributed by atoms with Crippen LogP contribution in [0.2, 0.25) is 0 Å². The number of hydrogen-bond acceptors (Lipinski definition) is 1. The fourth-order valence-corrected chi connectivity index (χ4v) is 2.83. The first-order chi connectivity index (χ1) is 7.65. The lowest BCUT2D eigenvalue weighted by Gasteiger charge is -2.35. The van der Waals surface area contributed by atoms with Crippen LogP contribution in [-0.2, 0) is 6.54 Å². The van der Waals surface area contributed by atoms with Gasteiger partial charge in [0.15, 0.2) is 0 Å². The molecule has 16 heavy (non-hydrogen) atoms. The number of likely N-dealkylation sites (tertiary alicyclic amines) is 1. The quantitative estimate of drug-likeness (QED) is 0.794. The zero-order valence-corrected chi connectivity index (χ0v) is 11.7. The third-order valence-electron chi connectivity index (χ3n) is 3.71. The first-order valence-corrected chi connectivity index (χ1v) is 6.91. The van der Waals surface area contributed by atoms with Gasteiger partial charge >= 0.3 is 0 Å². The van der Waals surface area contributed by atoms with Crippen molar-refractivity contribution in [2.45, 2.75) is 26.8 Å². The second kappa shape index (κ2) is 5.33. The Labute approximate surface area is 107 Å². The lowest BCUT2D eigenvalue weighted by atomic mass is 9.88. The molecule has 1 saturated heterocycles. The molecule has 1 aliphatic heterocycles. The summed E-state index contributed by atoms with van der Waals surface area (Å²) >= 11 is 3.53. The van der Waals surface area contributed by atoms with Gasteiger partial charge in [-0.1, -0.05) is 41.9 Å². The average molecular weight is 282 g/mol. The predicted octanol–water partition coefficient (Wildman–Crippen LogP) is 3.93. The molecule has 88 valence electrons. The van der Waals surface area contributed by atoms with Crippen LogP contribution in [0.5, 0.6) is 0 Å². The smallest absolute Gasteiger partial charge is 0.0234 e. The number of rotatable bonds is 2. The highest BCUT2D eigenvalue weighted by atomic mass is 79.9. The van der Waals surface area contributed by atoms with E-state index in [4.69, 9.17) is 0 Å². The van der Waals surface area contributed by atoms with E-state index in [2.05, 4.69) is 58.9 Å². The highest BCUT2D eigenvalue weighted by Gasteiger charge is 2.22. The molecule has 0 aromatic heterocycles.